The number of carbonyl (C=O) groups excluding carboxylic acids is 2. The second-order valence-corrected chi connectivity index (χ2v) is 9.93. The number of hydrogen-bond acceptors (Lipinski definition) is 7. The first-order valence-electron chi connectivity index (χ1n) is 12.1. The molecule has 6 rings (SSSR count). The molecule has 3 aromatic carbocycles. The van der Waals surface area contributed by atoms with Gasteiger partial charge in [-0.2, -0.15) is 0 Å². The number of fused-ring (bicyclic) bond motifs is 2. The van der Waals surface area contributed by atoms with Gasteiger partial charge in [0.05, 0.1) is 11.1 Å². The number of benzene rings is 3. The van der Waals surface area contributed by atoms with Crippen molar-refractivity contribution in [3.63, 3.8) is 0 Å². The lowest BCUT2D eigenvalue weighted by Gasteiger charge is -2.17. The van der Waals surface area contributed by atoms with E-state index in [4.69, 9.17) is 0 Å². The Morgan fingerprint density at radius 1 is 1.05 bits per heavy atom. The molecule has 0 spiro atoms. The van der Waals surface area contributed by atoms with E-state index in [-0.39, 0.29) is 18.0 Å². The molecule has 0 radical (unpaired) electrons. The maximum absolute atomic E-state index is 13.0. The van der Waals surface area contributed by atoms with Gasteiger partial charge in [-0.15, -0.1) is 16.4 Å². The van der Waals surface area contributed by atoms with Crippen molar-refractivity contribution < 1.29 is 9.59 Å². The molecule has 0 atom stereocenters. The normalized spacial score (nSPS) is 12.5. The van der Waals surface area contributed by atoms with Crippen molar-refractivity contribution in [3.05, 3.63) is 99.2 Å². The van der Waals surface area contributed by atoms with Crippen molar-refractivity contribution in [1.82, 2.24) is 20.0 Å². The Hall–Kier alpha value is -4.70. The van der Waals surface area contributed by atoms with Gasteiger partial charge in [0.1, 0.15) is 12.1 Å². The minimum atomic E-state index is -0.420. The van der Waals surface area contributed by atoms with Crippen LogP contribution >= 0.6 is 11.3 Å². The van der Waals surface area contributed by atoms with E-state index in [2.05, 4.69) is 20.6 Å². The highest BCUT2D eigenvalue weighted by Crippen LogP contribution is 2.34. The fraction of sp³-hybridized carbons (Fsp3) is 0.143. The summed E-state index contributed by atoms with van der Waals surface area (Å²) in [5, 5.41) is 13.3. The molecule has 10 heteroatoms. The minimum absolute atomic E-state index is 0.00892. The third-order valence-electron chi connectivity index (χ3n) is 6.49. The molecule has 0 saturated heterocycles. The Labute approximate surface area is 221 Å². The van der Waals surface area contributed by atoms with Crippen LogP contribution in [0, 0.1) is 6.92 Å². The molecule has 188 valence electrons. The van der Waals surface area contributed by atoms with E-state index in [0.717, 1.165) is 39.2 Å². The van der Waals surface area contributed by atoms with Gasteiger partial charge in [0.25, 0.3) is 11.5 Å². The highest BCUT2D eigenvalue weighted by Gasteiger charge is 2.26. The van der Waals surface area contributed by atoms with Crippen LogP contribution in [0.4, 0.5) is 10.8 Å². The molecule has 0 unspecified atom stereocenters. The number of carbonyl (C=O) groups is 2. The highest BCUT2D eigenvalue weighted by molar-refractivity contribution is 7.14. The number of aromatic nitrogens is 4. The van der Waals surface area contributed by atoms with Crippen molar-refractivity contribution in [1.29, 1.82) is 0 Å². The van der Waals surface area contributed by atoms with Crippen molar-refractivity contribution >= 4 is 44.9 Å². The van der Waals surface area contributed by atoms with Gasteiger partial charge in [-0.25, -0.2) is 9.67 Å². The van der Waals surface area contributed by atoms with Crippen LogP contribution in [-0.2, 0) is 17.8 Å². The summed E-state index contributed by atoms with van der Waals surface area (Å²) in [6.07, 6.45) is 0.760. The third-order valence-corrected chi connectivity index (χ3v) is 7.25. The standard InChI is InChI=1S/C28H22N6O3S/c1-17-6-8-18(9-7-17)26(36)33-13-12-20-14-19(10-11-24(20)33)23-16-38-28(29-23)30-25(35)15-34-27(37)21-4-2-3-5-22(21)31-32-34/h2-11,14,16H,12-13,15H2,1H3,(H,29,30,35). The van der Waals surface area contributed by atoms with Gasteiger partial charge < -0.3 is 10.2 Å². The number of aryl methyl sites for hydroxylation is 1. The molecule has 1 aliphatic heterocycles. The second kappa shape index (κ2) is 9.64. The van der Waals surface area contributed by atoms with Gasteiger partial charge in [0.2, 0.25) is 5.91 Å². The number of amides is 2. The zero-order chi connectivity index (χ0) is 26.2. The minimum Gasteiger partial charge on any atom is -0.308 e. The van der Waals surface area contributed by atoms with Gasteiger partial charge in [-0.1, -0.05) is 41.1 Å². The Morgan fingerprint density at radius 3 is 2.71 bits per heavy atom. The summed E-state index contributed by atoms with van der Waals surface area (Å²) in [7, 11) is 0. The summed E-state index contributed by atoms with van der Waals surface area (Å²) < 4.78 is 1.04. The molecule has 9 nitrogen and oxygen atoms in total. The molecule has 0 saturated carbocycles. The zero-order valence-electron chi connectivity index (χ0n) is 20.4. The molecule has 5 aromatic rings. The van der Waals surface area contributed by atoms with Crippen LogP contribution in [0.5, 0.6) is 0 Å². The topological polar surface area (TPSA) is 110 Å². The van der Waals surface area contributed by atoms with Crippen LogP contribution in [0.3, 0.4) is 0 Å². The van der Waals surface area contributed by atoms with Gasteiger partial charge in [0.15, 0.2) is 5.13 Å². The third kappa shape index (κ3) is 4.46. The van der Waals surface area contributed by atoms with E-state index in [9.17, 15) is 14.4 Å². The van der Waals surface area contributed by atoms with Gasteiger partial charge in [-0.3, -0.25) is 14.4 Å². The van der Waals surface area contributed by atoms with Crippen LogP contribution in [0.1, 0.15) is 21.5 Å². The fourth-order valence-corrected chi connectivity index (χ4v) is 5.25. The predicted molar refractivity (Wildman–Crippen MR) is 147 cm³/mol. The quantitative estimate of drug-likeness (QED) is 0.373. The number of anilines is 2. The molecular weight excluding hydrogens is 500 g/mol. The first kappa shape index (κ1) is 23.7. The zero-order valence-corrected chi connectivity index (χ0v) is 21.2. The maximum Gasteiger partial charge on any atom is 0.278 e. The first-order valence-corrected chi connectivity index (χ1v) is 12.9. The number of hydrogen-bond donors (Lipinski definition) is 1. The van der Waals surface area contributed by atoms with Crippen LogP contribution in [-0.4, -0.2) is 38.3 Å². The monoisotopic (exact) mass is 522 g/mol. The summed E-state index contributed by atoms with van der Waals surface area (Å²) >= 11 is 1.30. The summed E-state index contributed by atoms with van der Waals surface area (Å²) in [5.41, 5.74) is 5.50. The lowest BCUT2D eigenvalue weighted by Crippen LogP contribution is -2.30. The predicted octanol–water partition coefficient (Wildman–Crippen LogP) is 4.07. The highest BCUT2D eigenvalue weighted by atomic mass is 32.1. The summed E-state index contributed by atoms with van der Waals surface area (Å²) in [6.45, 7) is 2.35. The molecule has 0 bridgehead atoms. The van der Waals surface area contributed by atoms with Crippen molar-refractivity contribution in [3.8, 4) is 11.3 Å². The van der Waals surface area contributed by atoms with Crippen LogP contribution in [0.25, 0.3) is 22.2 Å². The van der Waals surface area contributed by atoms with Crippen LogP contribution in [0.15, 0.2) is 76.9 Å². The molecular formula is C28H22N6O3S. The smallest absolute Gasteiger partial charge is 0.278 e. The number of nitrogens with zero attached hydrogens (tertiary/aromatic N) is 5. The second-order valence-electron chi connectivity index (χ2n) is 9.07. The van der Waals surface area contributed by atoms with Gasteiger partial charge in [-0.05, 0) is 55.3 Å². The average Bonchev–Trinajstić information content (AvgIpc) is 3.57. The molecule has 0 fully saturated rings. The number of nitrogens with one attached hydrogen (secondary N) is 1. The molecule has 1 N–H and O–H groups in total. The fourth-order valence-electron chi connectivity index (χ4n) is 4.51. The number of thiazole rings is 1. The summed E-state index contributed by atoms with van der Waals surface area (Å²) in [4.78, 5) is 44.6. The van der Waals surface area contributed by atoms with E-state index in [0.29, 0.717) is 28.1 Å². The van der Waals surface area contributed by atoms with E-state index in [1.165, 1.54) is 11.3 Å². The molecule has 3 heterocycles. The SMILES string of the molecule is Cc1ccc(C(=O)N2CCc3cc(-c4csc(NC(=O)Cn5nnc6ccccc6c5=O)n4)ccc32)cc1. The van der Waals surface area contributed by atoms with E-state index in [1.54, 1.807) is 24.3 Å². The molecule has 2 aromatic heterocycles. The van der Waals surface area contributed by atoms with Crippen LogP contribution in [0.2, 0.25) is 0 Å². The van der Waals surface area contributed by atoms with Gasteiger partial charge >= 0.3 is 0 Å². The summed E-state index contributed by atoms with van der Waals surface area (Å²) in [5.74, 6) is -0.429. The average molecular weight is 523 g/mol. The maximum atomic E-state index is 13.0. The molecule has 2 amide bonds. The first-order chi connectivity index (χ1) is 18.5. The Balaban J connectivity index is 1.15. The number of rotatable bonds is 5. The Morgan fingerprint density at radius 2 is 1.87 bits per heavy atom. The van der Waals surface area contributed by atoms with Gasteiger partial charge in [0, 0.05) is 28.7 Å². The van der Waals surface area contributed by atoms with E-state index < -0.39 is 5.91 Å². The van der Waals surface area contributed by atoms with Crippen molar-refractivity contribution in [2.45, 2.75) is 19.9 Å². The molecule has 1 aliphatic rings. The molecule has 38 heavy (non-hydrogen) atoms. The largest absolute Gasteiger partial charge is 0.308 e. The Bertz CT molecular complexity index is 1760. The van der Waals surface area contributed by atoms with Crippen molar-refractivity contribution in [2.75, 3.05) is 16.8 Å². The Kier molecular flexibility index (Phi) is 6.01. The van der Waals surface area contributed by atoms with E-state index >= 15 is 0 Å². The lowest BCUT2D eigenvalue weighted by molar-refractivity contribution is -0.117. The molecule has 0 aliphatic carbocycles. The lowest BCUT2D eigenvalue weighted by atomic mass is 10.1. The van der Waals surface area contributed by atoms with Crippen LogP contribution < -0.4 is 15.8 Å². The summed E-state index contributed by atoms with van der Waals surface area (Å²) in [6, 6.07) is 20.4. The van der Waals surface area contributed by atoms with E-state index in [1.807, 2.05) is 59.7 Å². The van der Waals surface area contributed by atoms with Crippen molar-refractivity contribution in [2.24, 2.45) is 0 Å².